The third-order valence-electron chi connectivity index (χ3n) is 14.5. The van der Waals surface area contributed by atoms with Crippen LogP contribution >= 0.6 is 0 Å². The Bertz CT molecular complexity index is 2300. The number of rotatable bonds is 4. The summed E-state index contributed by atoms with van der Waals surface area (Å²) in [6, 6.07) is 10.4. The molecule has 0 saturated heterocycles. The minimum absolute atomic E-state index is 0.447. The molecular formula is C46H51N3. The van der Waals surface area contributed by atoms with Gasteiger partial charge in [-0.1, -0.05) is 53.7 Å². The van der Waals surface area contributed by atoms with Crippen molar-refractivity contribution in [1.82, 2.24) is 14.4 Å². The molecule has 3 saturated carbocycles. The number of aromatic nitrogens is 3. The quantitative estimate of drug-likeness (QED) is 0.191. The van der Waals surface area contributed by atoms with Gasteiger partial charge in [0.15, 0.2) is 0 Å². The topological polar surface area (TPSA) is 30.2 Å². The summed E-state index contributed by atoms with van der Waals surface area (Å²) in [5.74, 6) is 5.73. The molecular weight excluding hydrogens is 595 g/mol. The monoisotopic (exact) mass is 645 g/mol. The Labute approximate surface area is 291 Å². The highest BCUT2D eigenvalue weighted by Gasteiger charge is 2.44. The zero-order valence-electron chi connectivity index (χ0n) is 30.4. The standard InChI is InChI=1S/C46H51N3/c1-22(2)29-16-33(23(3)4)39(34(17-29)24(5)6)31-18-35-42-37(20-47-44-28-9-7-27(8-10-28)40(42)44)49-38-21-48-45-32-14-25-11-26(15-32)13-30(12-25)41(45)43(38)36(19-31)46(35)49/h16-28,30,32H,7-15H2,1-6H3. The van der Waals surface area contributed by atoms with Crippen LogP contribution in [-0.4, -0.2) is 14.4 Å². The molecule has 3 heteroatoms. The highest BCUT2D eigenvalue weighted by atomic mass is 14.9. The van der Waals surface area contributed by atoms with Crippen molar-refractivity contribution in [2.45, 2.75) is 141 Å². The van der Waals surface area contributed by atoms with Crippen LogP contribution < -0.4 is 0 Å². The van der Waals surface area contributed by atoms with Crippen LogP contribution in [-0.2, 0) is 0 Å². The van der Waals surface area contributed by atoms with Gasteiger partial charge in [0, 0.05) is 44.8 Å². The van der Waals surface area contributed by atoms with E-state index in [1.54, 1.807) is 11.1 Å². The Morgan fingerprint density at radius 2 is 1.08 bits per heavy atom. The molecule has 0 amide bonds. The van der Waals surface area contributed by atoms with Crippen LogP contribution in [0.2, 0.25) is 0 Å². The maximum absolute atomic E-state index is 5.47. The molecule has 2 aromatic carbocycles. The third kappa shape index (κ3) is 3.86. The van der Waals surface area contributed by atoms with Crippen molar-refractivity contribution in [3.63, 3.8) is 0 Å². The molecule has 2 atom stereocenters. The van der Waals surface area contributed by atoms with Crippen molar-refractivity contribution in [1.29, 1.82) is 0 Å². The van der Waals surface area contributed by atoms with Crippen molar-refractivity contribution >= 4 is 38.1 Å². The van der Waals surface area contributed by atoms with Crippen molar-refractivity contribution in [2.75, 3.05) is 0 Å². The molecule has 0 aliphatic heterocycles. The zero-order valence-corrected chi connectivity index (χ0v) is 30.4. The van der Waals surface area contributed by atoms with Crippen LogP contribution in [0.15, 0.2) is 36.7 Å². The molecule has 4 heterocycles. The van der Waals surface area contributed by atoms with Gasteiger partial charge in [0.2, 0.25) is 0 Å². The molecule has 2 unspecified atom stereocenters. The second-order valence-corrected chi connectivity index (χ2v) is 18.3. The van der Waals surface area contributed by atoms with Gasteiger partial charge in [-0.25, -0.2) is 0 Å². The van der Waals surface area contributed by atoms with Crippen LogP contribution in [0.25, 0.3) is 49.2 Å². The smallest absolute Gasteiger partial charge is 0.0728 e. The lowest BCUT2D eigenvalue weighted by molar-refractivity contribution is 0.165. The molecule has 3 fully saturated rings. The summed E-state index contributed by atoms with van der Waals surface area (Å²) in [5.41, 5.74) is 17.6. The second kappa shape index (κ2) is 10.1. The molecule has 6 bridgehead atoms. The van der Waals surface area contributed by atoms with Gasteiger partial charge in [0.1, 0.15) is 0 Å². The summed E-state index contributed by atoms with van der Waals surface area (Å²) in [7, 11) is 0. The van der Waals surface area contributed by atoms with Gasteiger partial charge in [0.25, 0.3) is 0 Å². The van der Waals surface area contributed by atoms with E-state index in [4.69, 9.17) is 9.97 Å². The molecule has 3 nitrogen and oxygen atoms in total. The number of benzene rings is 2. The van der Waals surface area contributed by atoms with Crippen molar-refractivity contribution in [3.05, 3.63) is 75.9 Å². The number of hydrogen-bond donors (Lipinski definition) is 0. The highest BCUT2D eigenvalue weighted by Crippen LogP contribution is 2.59. The SMILES string of the molecule is CC(C)c1cc(C(C)C)c(-c2cc3c4c5c(ncc4n4c6cnc7c(c6c(c2)c34)C2CC3CC(CC7C3)C2)C2CCC5CC2)c(C(C)C)c1. The van der Waals surface area contributed by atoms with Crippen LogP contribution in [0.4, 0.5) is 0 Å². The first-order valence-electron chi connectivity index (χ1n) is 20.0. The van der Waals surface area contributed by atoms with Gasteiger partial charge in [-0.15, -0.1) is 0 Å². The van der Waals surface area contributed by atoms with Gasteiger partial charge >= 0.3 is 0 Å². The molecule has 0 N–H and O–H groups in total. The molecule has 49 heavy (non-hydrogen) atoms. The van der Waals surface area contributed by atoms with Crippen molar-refractivity contribution in [3.8, 4) is 11.1 Å². The lowest BCUT2D eigenvalue weighted by atomic mass is 9.67. The van der Waals surface area contributed by atoms with Crippen LogP contribution in [0.3, 0.4) is 0 Å². The molecule has 4 aromatic heterocycles. The first kappa shape index (κ1) is 29.3. The number of hydrogen-bond acceptors (Lipinski definition) is 2. The average molecular weight is 646 g/mol. The molecule has 7 aliphatic rings. The number of fused-ring (bicyclic) bond motifs is 8. The van der Waals surface area contributed by atoms with Crippen LogP contribution in [0.1, 0.15) is 180 Å². The van der Waals surface area contributed by atoms with Gasteiger partial charge in [-0.05, 0) is 150 Å². The fraction of sp³-hybridized carbons (Fsp3) is 0.522. The zero-order chi connectivity index (χ0) is 33.0. The number of pyridine rings is 2. The summed E-state index contributed by atoms with van der Waals surface area (Å²) in [6.07, 6.45) is 16.7. The van der Waals surface area contributed by atoms with E-state index in [0.717, 1.165) is 11.8 Å². The van der Waals surface area contributed by atoms with Gasteiger partial charge < -0.3 is 4.40 Å². The Balaban J connectivity index is 1.32. The first-order chi connectivity index (χ1) is 23.7. The van der Waals surface area contributed by atoms with Crippen LogP contribution in [0, 0.1) is 11.8 Å². The Hall–Kier alpha value is -3.46. The summed E-state index contributed by atoms with van der Waals surface area (Å²) in [5, 5.41) is 5.98. The van der Waals surface area contributed by atoms with Gasteiger partial charge in [-0.2, -0.15) is 0 Å². The fourth-order valence-electron chi connectivity index (χ4n) is 12.5. The minimum atomic E-state index is 0.447. The molecule has 0 spiro atoms. The average Bonchev–Trinajstić information content (AvgIpc) is 3.56. The summed E-state index contributed by atoms with van der Waals surface area (Å²) >= 11 is 0. The van der Waals surface area contributed by atoms with E-state index in [1.807, 2.05) is 0 Å². The summed E-state index contributed by atoms with van der Waals surface area (Å²) in [6.45, 7) is 14.3. The normalized spacial score (nSPS) is 27.2. The molecule has 250 valence electrons. The van der Waals surface area contributed by atoms with Gasteiger partial charge in [-0.3, -0.25) is 9.97 Å². The Morgan fingerprint density at radius 3 is 1.63 bits per heavy atom. The molecule has 6 aromatic rings. The second-order valence-electron chi connectivity index (χ2n) is 18.3. The maximum atomic E-state index is 5.47. The summed E-state index contributed by atoms with van der Waals surface area (Å²) in [4.78, 5) is 10.8. The Morgan fingerprint density at radius 1 is 0.571 bits per heavy atom. The lowest BCUT2D eigenvalue weighted by Crippen LogP contribution is -2.25. The van der Waals surface area contributed by atoms with E-state index in [2.05, 4.69) is 82.6 Å². The minimum Gasteiger partial charge on any atom is -0.305 e. The van der Waals surface area contributed by atoms with Gasteiger partial charge in [0.05, 0.1) is 28.9 Å². The maximum Gasteiger partial charge on any atom is 0.0728 e. The predicted octanol–water partition coefficient (Wildman–Crippen LogP) is 12.8. The van der Waals surface area contributed by atoms with E-state index in [1.165, 1.54) is 135 Å². The van der Waals surface area contributed by atoms with E-state index >= 15 is 0 Å². The first-order valence-corrected chi connectivity index (χ1v) is 20.0. The van der Waals surface area contributed by atoms with Crippen molar-refractivity contribution < 1.29 is 0 Å². The lowest BCUT2D eigenvalue weighted by Gasteiger charge is -2.38. The van der Waals surface area contributed by atoms with E-state index in [9.17, 15) is 0 Å². The highest BCUT2D eigenvalue weighted by molar-refractivity contribution is 6.26. The van der Waals surface area contributed by atoms with E-state index < -0.39 is 0 Å². The third-order valence-corrected chi connectivity index (χ3v) is 14.5. The molecule has 0 radical (unpaired) electrons. The molecule has 13 rings (SSSR count). The van der Waals surface area contributed by atoms with E-state index in [0.29, 0.717) is 41.4 Å². The van der Waals surface area contributed by atoms with Crippen LogP contribution in [0.5, 0.6) is 0 Å². The predicted molar refractivity (Wildman–Crippen MR) is 204 cm³/mol. The largest absolute Gasteiger partial charge is 0.305 e. The summed E-state index contributed by atoms with van der Waals surface area (Å²) < 4.78 is 2.63. The van der Waals surface area contributed by atoms with Crippen molar-refractivity contribution in [2.24, 2.45) is 11.8 Å². The Kier molecular flexibility index (Phi) is 6.02. The van der Waals surface area contributed by atoms with E-state index in [-0.39, 0.29) is 0 Å². The molecule has 7 aliphatic carbocycles. The fourth-order valence-corrected chi connectivity index (χ4v) is 12.5. The number of nitrogens with zero attached hydrogens (tertiary/aromatic N) is 3.